The van der Waals surface area contributed by atoms with Crippen molar-refractivity contribution in [2.75, 3.05) is 13.1 Å². The van der Waals surface area contributed by atoms with Crippen molar-refractivity contribution in [2.24, 2.45) is 5.92 Å². The lowest BCUT2D eigenvalue weighted by atomic mass is 9.95. The Hall–Kier alpha value is -2.77. The predicted octanol–water partition coefficient (Wildman–Crippen LogP) is 1.41. The van der Waals surface area contributed by atoms with Gasteiger partial charge in [0, 0.05) is 31.4 Å². The molecule has 0 spiro atoms. The maximum absolute atomic E-state index is 12.7. The molecule has 0 bridgehead atoms. The lowest BCUT2D eigenvalue weighted by Crippen LogP contribution is -2.48. The Bertz CT molecular complexity index is 788. The van der Waals surface area contributed by atoms with E-state index in [1.165, 1.54) is 6.92 Å². The summed E-state index contributed by atoms with van der Waals surface area (Å²) in [5.74, 6) is 1.33. The number of nitrogens with one attached hydrogen (secondary N) is 1. The lowest BCUT2D eigenvalue weighted by molar-refractivity contribution is -0.137. The number of aromatic nitrogens is 4. The first-order valence-corrected chi connectivity index (χ1v) is 8.90. The molecule has 1 aliphatic heterocycles. The first-order chi connectivity index (χ1) is 12.5. The molecule has 0 aliphatic carbocycles. The third-order valence-corrected chi connectivity index (χ3v) is 4.76. The minimum atomic E-state index is -0.211. The van der Waals surface area contributed by atoms with E-state index in [2.05, 4.69) is 29.2 Å². The molecule has 2 aromatic heterocycles. The molecular formula is C18H24N6O2. The molecule has 0 fully saturated rings. The summed E-state index contributed by atoms with van der Waals surface area (Å²) in [6.07, 6.45) is 4.35. The summed E-state index contributed by atoms with van der Waals surface area (Å²) in [5, 5.41) is 7.21. The Morgan fingerprint density at radius 3 is 2.85 bits per heavy atom. The van der Waals surface area contributed by atoms with E-state index in [-0.39, 0.29) is 30.3 Å². The van der Waals surface area contributed by atoms with Crippen LogP contribution in [0.15, 0.2) is 24.5 Å². The maximum atomic E-state index is 12.7. The average Bonchev–Trinajstić information content (AvgIpc) is 3.09. The van der Waals surface area contributed by atoms with Crippen molar-refractivity contribution in [3.63, 3.8) is 0 Å². The summed E-state index contributed by atoms with van der Waals surface area (Å²) in [7, 11) is 0. The quantitative estimate of drug-likeness (QED) is 0.874. The number of hydrogen-bond acceptors (Lipinski definition) is 5. The van der Waals surface area contributed by atoms with Gasteiger partial charge in [0.25, 0.3) is 0 Å². The monoisotopic (exact) mass is 356 g/mol. The number of nitrogens with zero attached hydrogens (tertiary/aromatic N) is 5. The van der Waals surface area contributed by atoms with Crippen LogP contribution in [0.3, 0.4) is 0 Å². The van der Waals surface area contributed by atoms with Gasteiger partial charge in [-0.1, -0.05) is 20.3 Å². The van der Waals surface area contributed by atoms with Crippen molar-refractivity contribution in [2.45, 2.75) is 39.8 Å². The molecule has 0 saturated heterocycles. The van der Waals surface area contributed by atoms with Crippen LogP contribution in [0.4, 0.5) is 0 Å². The molecule has 2 aromatic rings. The fourth-order valence-corrected chi connectivity index (χ4v) is 3.20. The number of carbonyl (C=O) groups excluding carboxylic acids is 2. The van der Waals surface area contributed by atoms with Crippen LogP contribution in [0.25, 0.3) is 11.4 Å². The summed E-state index contributed by atoms with van der Waals surface area (Å²) in [4.78, 5) is 34.5. The number of rotatable bonds is 5. The largest absolute Gasteiger partial charge is 0.347 e. The summed E-state index contributed by atoms with van der Waals surface area (Å²) in [6.45, 7) is 6.76. The maximum Gasteiger partial charge on any atom is 0.242 e. The van der Waals surface area contributed by atoms with E-state index in [4.69, 9.17) is 4.98 Å². The molecule has 1 aliphatic rings. The van der Waals surface area contributed by atoms with Gasteiger partial charge in [0.1, 0.15) is 0 Å². The highest BCUT2D eigenvalue weighted by molar-refractivity contribution is 5.84. The number of amides is 2. The van der Waals surface area contributed by atoms with Crippen LogP contribution < -0.4 is 5.32 Å². The van der Waals surface area contributed by atoms with E-state index in [1.54, 1.807) is 12.4 Å². The van der Waals surface area contributed by atoms with Crippen LogP contribution in [0.5, 0.6) is 0 Å². The van der Waals surface area contributed by atoms with Crippen LogP contribution >= 0.6 is 0 Å². The second kappa shape index (κ2) is 7.63. The second-order valence-electron chi connectivity index (χ2n) is 6.59. The zero-order valence-corrected chi connectivity index (χ0v) is 15.3. The van der Waals surface area contributed by atoms with E-state index in [0.29, 0.717) is 18.9 Å². The first kappa shape index (κ1) is 18.0. The third kappa shape index (κ3) is 3.58. The molecule has 2 atom stereocenters. The van der Waals surface area contributed by atoms with Gasteiger partial charge >= 0.3 is 0 Å². The number of pyridine rings is 1. The Morgan fingerprint density at radius 2 is 2.19 bits per heavy atom. The van der Waals surface area contributed by atoms with Crippen LogP contribution in [0.1, 0.15) is 39.1 Å². The van der Waals surface area contributed by atoms with Gasteiger partial charge in [-0.15, -0.1) is 0 Å². The van der Waals surface area contributed by atoms with Gasteiger partial charge in [-0.05, 0) is 18.1 Å². The summed E-state index contributed by atoms with van der Waals surface area (Å²) in [6, 6.07) is 3.62. The fraction of sp³-hybridized carbons (Fsp3) is 0.500. The third-order valence-electron chi connectivity index (χ3n) is 4.76. The Balaban J connectivity index is 1.92. The highest BCUT2D eigenvalue weighted by Gasteiger charge is 2.36. The molecule has 0 unspecified atom stereocenters. The molecule has 138 valence electrons. The van der Waals surface area contributed by atoms with Crippen molar-refractivity contribution in [3.8, 4) is 11.4 Å². The van der Waals surface area contributed by atoms with Crippen LogP contribution in [0, 0.1) is 5.92 Å². The van der Waals surface area contributed by atoms with E-state index >= 15 is 0 Å². The average molecular weight is 356 g/mol. The van der Waals surface area contributed by atoms with E-state index in [9.17, 15) is 9.59 Å². The smallest absolute Gasteiger partial charge is 0.242 e. The predicted molar refractivity (Wildman–Crippen MR) is 95.8 cm³/mol. The second-order valence-corrected chi connectivity index (χ2v) is 6.59. The summed E-state index contributed by atoms with van der Waals surface area (Å²) in [5.41, 5.74) is 0.855. The Labute approximate surface area is 152 Å². The molecule has 0 saturated carbocycles. The standard InChI is InChI=1S/C18H24N6O2/c1-4-12(2)16-18-21-17(14-6-5-7-19-10-14)22-24(18)9-8-23(16)15(26)11-20-13(3)25/h5-7,10,12,16H,4,8-9,11H2,1-3H3,(H,20,25)/t12-,16-/m0/s1. The van der Waals surface area contributed by atoms with Gasteiger partial charge < -0.3 is 10.2 Å². The van der Waals surface area contributed by atoms with Crippen molar-refractivity contribution in [1.29, 1.82) is 0 Å². The van der Waals surface area contributed by atoms with E-state index in [0.717, 1.165) is 17.8 Å². The van der Waals surface area contributed by atoms with Crippen molar-refractivity contribution in [3.05, 3.63) is 30.4 Å². The summed E-state index contributed by atoms with van der Waals surface area (Å²) >= 11 is 0. The Morgan fingerprint density at radius 1 is 1.38 bits per heavy atom. The van der Waals surface area contributed by atoms with Crippen molar-refractivity contribution >= 4 is 11.8 Å². The number of fused-ring (bicyclic) bond motifs is 1. The number of hydrogen-bond donors (Lipinski definition) is 1. The van der Waals surface area contributed by atoms with Gasteiger partial charge in [0.05, 0.1) is 19.1 Å². The van der Waals surface area contributed by atoms with Crippen LogP contribution in [-0.2, 0) is 16.1 Å². The molecule has 3 rings (SSSR count). The van der Waals surface area contributed by atoms with Gasteiger partial charge in [-0.3, -0.25) is 14.6 Å². The molecule has 0 radical (unpaired) electrons. The minimum absolute atomic E-state index is 0.00582. The highest BCUT2D eigenvalue weighted by atomic mass is 16.2. The van der Waals surface area contributed by atoms with Crippen LogP contribution in [-0.4, -0.2) is 49.6 Å². The summed E-state index contributed by atoms with van der Waals surface area (Å²) < 4.78 is 1.89. The molecule has 3 heterocycles. The van der Waals surface area contributed by atoms with Gasteiger partial charge in [-0.25, -0.2) is 9.67 Å². The van der Waals surface area contributed by atoms with E-state index < -0.39 is 0 Å². The highest BCUT2D eigenvalue weighted by Crippen LogP contribution is 2.33. The van der Waals surface area contributed by atoms with Crippen molar-refractivity contribution < 1.29 is 9.59 Å². The molecular weight excluding hydrogens is 332 g/mol. The number of carbonyl (C=O) groups is 2. The lowest BCUT2D eigenvalue weighted by Gasteiger charge is -2.38. The normalized spacial score (nSPS) is 17.5. The van der Waals surface area contributed by atoms with Gasteiger partial charge in [0.15, 0.2) is 11.6 Å². The van der Waals surface area contributed by atoms with Crippen molar-refractivity contribution in [1.82, 2.24) is 30.0 Å². The molecule has 1 N–H and O–H groups in total. The van der Waals surface area contributed by atoms with Crippen LogP contribution in [0.2, 0.25) is 0 Å². The molecule has 8 heteroatoms. The van der Waals surface area contributed by atoms with Gasteiger partial charge in [-0.2, -0.15) is 5.10 Å². The van der Waals surface area contributed by atoms with Gasteiger partial charge in [0.2, 0.25) is 11.8 Å². The fourth-order valence-electron chi connectivity index (χ4n) is 3.20. The molecule has 26 heavy (non-hydrogen) atoms. The molecule has 8 nitrogen and oxygen atoms in total. The topological polar surface area (TPSA) is 93.0 Å². The SMILES string of the molecule is CC[C@H](C)[C@H]1c2nc(-c3cccnc3)nn2CCN1C(=O)CNC(C)=O. The Kier molecular flexibility index (Phi) is 5.29. The van der Waals surface area contributed by atoms with E-state index in [1.807, 2.05) is 21.7 Å². The first-order valence-electron chi connectivity index (χ1n) is 8.90. The molecule has 2 amide bonds. The zero-order valence-electron chi connectivity index (χ0n) is 15.3. The minimum Gasteiger partial charge on any atom is -0.347 e. The molecule has 0 aromatic carbocycles. The zero-order chi connectivity index (χ0) is 18.7.